The van der Waals surface area contributed by atoms with Crippen molar-refractivity contribution >= 4 is 5.82 Å². The first-order valence-electron chi connectivity index (χ1n) is 5.78. The molecule has 1 heterocycles. The summed E-state index contributed by atoms with van der Waals surface area (Å²) in [6.07, 6.45) is 4.64. The maximum atomic E-state index is 5.97. The summed E-state index contributed by atoms with van der Waals surface area (Å²) in [6.45, 7) is 0. The Labute approximate surface area is 94.9 Å². The van der Waals surface area contributed by atoms with E-state index in [1.165, 1.54) is 24.1 Å². The minimum atomic E-state index is 0.707. The number of nitrogen functional groups attached to an aromatic ring is 1. The van der Waals surface area contributed by atoms with Crippen LogP contribution in [0.3, 0.4) is 0 Å². The number of anilines is 1. The molecule has 2 N–H and O–H groups in total. The first kappa shape index (κ1) is 9.46. The highest BCUT2D eigenvalue weighted by atomic mass is 15.3. The fraction of sp³-hybridized carbons (Fsp3) is 0.308. The lowest BCUT2D eigenvalue weighted by molar-refractivity contribution is 0.653. The maximum absolute atomic E-state index is 5.97. The Kier molecular flexibility index (Phi) is 2.17. The third-order valence-electron chi connectivity index (χ3n) is 3.21. The van der Waals surface area contributed by atoms with E-state index in [4.69, 9.17) is 5.73 Å². The van der Waals surface area contributed by atoms with E-state index < -0.39 is 0 Å². The zero-order chi connectivity index (χ0) is 11.0. The lowest BCUT2D eigenvalue weighted by Crippen LogP contribution is -2.07. The van der Waals surface area contributed by atoms with Gasteiger partial charge in [-0.1, -0.05) is 18.2 Å². The Morgan fingerprint density at radius 2 is 1.81 bits per heavy atom. The van der Waals surface area contributed by atoms with Crippen LogP contribution in [0.1, 0.15) is 24.1 Å². The lowest BCUT2D eigenvalue weighted by Gasteiger charge is -2.13. The minimum absolute atomic E-state index is 0.707. The van der Waals surface area contributed by atoms with Gasteiger partial charge in [0.2, 0.25) is 0 Å². The van der Waals surface area contributed by atoms with Crippen LogP contribution in [-0.4, -0.2) is 9.78 Å². The molecule has 0 saturated heterocycles. The van der Waals surface area contributed by atoms with Crippen molar-refractivity contribution in [2.24, 2.45) is 0 Å². The topological polar surface area (TPSA) is 43.8 Å². The second-order valence-electron chi connectivity index (χ2n) is 4.26. The Balaban J connectivity index is 2.15. The first-order chi connectivity index (χ1) is 7.86. The number of rotatable bonds is 1. The van der Waals surface area contributed by atoms with Crippen molar-refractivity contribution in [1.29, 1.82) is 0 Å². The Morgan fingerprint density at radius 1 is 1.06 bits per heavy atom. The molecule has 1 aromatic carbocycles. The van der Waals surface area contributed by atoms with Gasteiger partial charge in [-0.15, -0.1) is 0 Å². The van der Waals surface area contributed by atoms with Crippen molar-refractivity contribution in [1.82, 2.24) is 9.78 Å². The zero-order valence-electron chi connectivity index (χ0n) is 9.19. The monoisotopic (exact) mass is 213 g/mol. The molecule has 82 valence electrons. The molecule has 0 bridgehead atoms. The number of hydrogen-bond acceptors (Lipinski definition) is 2. The molecule has 0 radical (unpaired) electrons. The number of nitrogens with two attached hydrogens (primary N) is 1. The minimum Gasteiger partial charge on any atom is -0.382 e. The molecule has 3 nitrogen and oxygen atoms in total. The average Bonchev–Trinajstić information content (AvgIpc) is 2.69. The fourth-order valence-corrected chi connectivity index (χ4v) is 2.41. The number of para-hydroxylation sites is 1. The summed E-state index contributed by atoms with van der Waals surface area (Å²) in [7, 11) is 0. The Morgan fingerprint density at radius 3 is 2.62 bits per heavy atom. The molecule has 0 saturated carbocycles. The molecule has 0 spiro atoms. The summed E-state index contributed by atoms with van der Waals surface area (Å²) in [6, 6.07) is 10.2. The number of aromatic nitrogens is 2. The van der Waals surface area contributed by atoms with Crippen LogP contribution in [0.2, 0.25) is 0 Å². The number of benzene rings is 1. The van der Waals surface area contributed by atoms with Crippen molar-refractivity contribution in [3.8, 4) is 5.69 Å². The Hall–Kier alpha value is -1.77. The van der Waals surface area contributed by atoms with Gasteiger partial charge in [0.25, 0.3) is 0 Å². The molecule has 16 heavy (non-hydrogen) atoms. The van der Waals surface area contributed by atoms with Gasteiger partial charge in [-0.2, -0.15) is 5.10 Å². The van der Waals surface area contributed by atoms with Crippen molar-refractivity contribution in [2.75, 3.05) is 5.73 Å². The largest absolute Gasteiger partial charge is 0.382 e. The Bertz CT molecular complexity index is 499. The molecule has 0 atom stereocenters. The molecular formula is C13H15N3. The molecule has 0 amide bonds. The van der Waals surface area contributed by atoms with Gasteiger partial charge in [-0.25, -0.2) is 4.68 Å². The summed E-state index contributed by atoms with van der Waals surface area (Å²) in [5.74, 6) is 0.707. The SMILES string of the molecule is Nc1nn(-c2ccccc2)c2c1CCCC2. The summed E-state index contributed by atoms with van der Waals surface area (Å²) in [4.78, 5) is 0. The van der Waals surface area contributed by atoms with Gasteiger partial charge < -0.3 is 5.73 Å². The highest BCUT2D eigenvalue weighted by Crippen LogP contribution is 2.27. The average molecular weight is 213 g/mol. The van der Waals surface area contributed by atoms with Crippen molar-refractivity contribution in [2.45, 2.75) is 25.7 Å². The molecule has 0 fully saturated rings. The van der Waals surface area contributed by atoms with Gasteiger partial charge >= 0.3 is 0 Å². The van der Waals surface area contributed by atoms with Crippen LogP contribution in [-0.2, 0) is 12.8 Å². The highest BCUT2D eigenvalue weighted by molar-refractivity contribution is 5.48. The summed E-state index contributed by atoms with van der Waals surface area (Å²) >= 11 is 0. The second kappa shape index (κ2) is 3.67. The molecule has 0 unspecified atom stereocenters. The second-order valence-corrected chi connectivity index (χ2v) is 4.26. The van der Waals surface area contributed by atoms with Crippen LogP contribution < -0.4 is 5.73 Å². The van der Waals surface area contributed by atoms with E-state index in [2.05, 4.69) is 17.2 Å². The van der Waals surface area contributed by atoms with Gasteiger partial charge in [-0.3, -0.25) is 0 Å². The summed E-state index contributed by atoms with van der Waals surface area (Å²) < 4.78 is 2.00. The maximum Gasteiger partial charge on any atom is 0.149 e. The first-order valence-corrected chi connectivity index (χ1v) is 5.78. The predicted molar refractivity (Wildman–Crippen MR) is 64.6 cm³/mol. The van der Waals surface area contributed by atoms with Crippen molar-refractivity contribution in [3.05, 3.63) is 41.6 Å². The van der Waals surface area contributed by atoms with Crippen LogP contribution >= 0.6 is 0 Å². The van der Waals surface area contributed by atoms with Crippen LogP contribution in [0, 0.1) is 0 Å². The molecule has 3 heteroatoms. The van der Waals surface area contributed by atoms with E-state index in [0.717, 1.165) is 18.5 Å². The number of nitrogens with zero attached hydrogens (tertiary/aromatic N) is 2. The van der Waals surface area contributed by atoms with Gasteiger partial charge in [0, 0.05) is 11.3 Å². The molecular weight excluding hydrogens is 198 g/mol. The smallest absolute Gasteiger partial charge is 0.149 e. The summed E-state index contributed by atoms with van der Waals surface area (Å²) in [5.41, 5.74) is 9.64. The normalized spacial score (nSPS) is 14.8. The van der Waals surface area contributed by atoms with Gasteiger partial charge in [0.15, 0.2) is 0 Å². The molecule has 1 aliphatic carbocycles. The van der Waals surface area contributed by atoms with Crippen molar-refractivity contribution in [3.63, 3.8) is 0 Å². The fourth-order valence-electron chi connectivity index (χ4n) is 2.41. The van der Waals surface area contributed by atoms with Crippen LogP contribution in [0.4, 0.5) is 5.82 Å². The van der Waals surface area contributed by atoms with E-state index in [9.17, 15) is 0 Å². The van der Waals surface area contributed by atoms with Crippen LogP contribution in [0.25, 0.3) is 5.69 Å². The van der Waals surface area contributed by atoms with E-state index >= 15 is 0 Å². The van der Waals surface area contributed by atoms with Gasteiger partial charge in [0.05, 0.1) is 5.69 Å². The predicted octanol–water partition coefficient (Wildman–Crippen LogP) is 2.33. The standard InChI is InChI=1S/C13H15N3/c14-13-11-8-4-5-9-12(11)16(15-13)10-6-2-1-3-7-10/h1-3,6-7H,4-5,8-9H2,(H2,14,15). The van der Waals surface area contributed by atoms with Crippen LogP contribution in [0.15, 0.2) is 30.3 Å². The third-order valence-corrected chi connectivity index (χ3v) is 3.21. The quantitative estimate of drug-likeness (QED) is 0.790. The third kappa shape index (κ3) is 1.40. The molecule has 1 aromatic heterocycles. The van der Waals surface area contributed by atoms with Crippen molar-refractivity contribution < 1.29 is 0 Å². The summed E-state index contributed by atoms with van der Waals surface area (Å²) in [5, 5.41) is 4.46. The zero-order valence-corrected chi connectivity index (χ0v) is 9.19. The van der Waals surface area contributed by atoms with Gasteiger partial charge in [0.1, 0.15) is 5.82 Å². The van der Waals surface area contributed by atoms with Crippen LogP contribution in [0.5, 0.6) is 0 Å². The highest BCUT2D eigenvalue weighted by Gasteiger charge is 2.19. The molecule has 0 aliphatic heterocycles. The van der Waals surface area contributed by atoms with E-state index in [1.807, 2.05) is 22.9 Å². The van der Waals surface area contributed by atoms with Gasteiger partial charge in [-0.05, 0) is 37.8 Å². The van der Waals surface area contributed by atoms with E-state index in [0.29, 0.717) is 5.82 Å². The molecule has 2 aromatic rings. The van der Waals surface area contributed by atoms with E-state index in [1.54, 1.807) is 0 Å². The van der Waals surface area contributed by atoms with E-state index in [-0.39, 0.29) is 0 Å². The number of hydrogen-bond donors (Lipinski definition) is 1. The molecule has 1 aliphatic rings. The lowest BCUT2D eigenvalue weighted by atomic mass is 9.97. The number of fused-ring (bicyclic) bond motifs is 1. The molecule has 3 rings (SSSR count).